The Morgan fingerprint density at radius 1 is 1.32 bits per heavy atom. The van der Waals surface area contributed by atoms with E-state index in [4.69, 9.17) is 20.9 Å². The minimum atomic E-state index is -0.285. The normalized spacial score (nSPS) is 13.4. The summed E-state index contributed by atoms with van der Waals surface area (Å²) in [6, 6.07) is 11.3. The highest BCUT2D eigenvalue weighted by atomic mass is 35.5. The summed E-state index contributed by atoms with van der Waals surface area (Å²) in [7, 11) is 0. The molecule has 0 radical (unpaired) electrons. The number of carbonyl (C=O) groups is 1. The highest BCUT2D eigenvalue weighted by Crippen LogP contribution is 2.31. The Kier molecular flexibility index (Phi) is 5.30. The number of halogens is 1. The molecule has 1 amide bonds. The van der Waals surface area contributed by atoms with Gasteiger partial charge in [-0.25, -0.2) is 4.98 Å². The zero-order chi connectivity index (χ0) is 19.5. The molecule has 2 heterocycles. The van der Waals surface area contributed by atoms with Crippen LogP contribution in [0.1, 0.15) is 34.5 Å². The average Bonchev–Trinajstić information content (AvgIpc) is 3.47. The van der Waals surface area contributed by atoms with Gasteiger partial charge in [0, 0.05) is 17.3 Å². The van der Waals surface area contributed by atoms with Crippen molar-refractivity contribution >= 4 is 17.5 Å². The first kappa shape index (κ1) is 18.5. The van der Waals surface area contributed by atoms with E-state index in [1.165, 1.54) is 19.0 Å². The van der Waals surface area contributed by atoms with E-state index in [9.17, 15) is 4.79 Å². The van der Waals surface area contributed by atoms with Crippen LogP contribution in [0.15, 0.2) is 47.1 Å². The Bertz CT molecular complexity index is 984. The van der Waals surface area contributed by atoms with Crippen LogP contribution in [-0.4, -0.2) is 22.7 Å². The molecule has 2 aromatic heterocycles. The second-order valence-electron chi connectivity index (χ2n) is 6.90. The lowest BCUT2D eigenvalue weighted by Crippen LogP contribution is -2.23. The Hall–Kier alpha value is -2.86. The van der Waals surface area contributed by atoms with Gasteiger partial charge in [-0.15, -0.1) is 0 Å². The minimum Gasteiger partial charge on any atom is -0.476 e. The van der Waals surface area contributed by atoms with E-state index in [-0.39, 0.29) is 12.5 Å². The number of hydrogen-bond acceptors (Lipinski definition) is 5. The van der Waals surface area contributed by atoms with Crippen molar-refractivity contribution in [2.75, 3.05) is 6.61 Å². The highest BCUT2D eigenvalue weighted by Gasteiger charge is 2.23. The van der Waals surface area contributed by atoms with Crippen molar-refractivity contribution in [2.24, 2.45) is 5.92 Å². The smallest absolute Gasteiger partial charge is 0.253 e. The van der Waals surface area contributed by atoms with Crippen LogP contribution in [0.5, 0.6) is 5.88 Å². The number of amides is 1. The lowest BCUT2D eigenvalue weighted by Gasteiger charge is -2.08. The summed E-state index contributed by atoms with van der Waals surface area (Å²) in [4.78, 5) is 16.6. The second-order valence-corrected chi connectivity index (χ2v) is 7.30. The van der Waals surface area contributed by atoms with E-state index in [1.54, 1.807) is 6.07 Å². The van der Waals surface area contributed by atoms with Crippen molar-refractivity contribution in [3.05, 3.63) is 64.4 Å². The quantitative estimate of drug-likeness (QED) is 0.638. The zero-order valence-electron chi connectivity index (χ0n) is 15.4. The molecule has 4 rings (SSSR count). The van der Waals surface area contributed by atoms with Gasteiger partial charge in [-0.1, -0.05) is 47.1 Å². The van der Waals surface area contributed by atoms with Gasteiger partial charge in [0.15, 0.2) is 5.76 Å². The van der Waals surface area contributed by atoms with Gasteiger partial charge in [0.05, 0.1) is 18.7 Å². The molecule has 1 aliphatic carbocycles. The molecule has 7 heteroatoms. The summed E-state index contributed by atoms with van der Waals surface area (Å²) in [5.41, 5.74) is 2.89. The Morgan fingerprint density at radius 2 is 2.11 bits per heavy atom. The number of pyridine rings is 1. The van der Waals surface area contributed by atoms with Crippen LogP contribution in [0.25, 0.3) is 11.3 Å². The number of benzene rings is 1. The third kappa shape index (κ3) is 4.17. The fraction of sp³-hybridized carbons (Fsp3) is 0.286. The molecule has 0 aliphatic heterocycles. The van der Waals surface area contributed by atoms with E-state index >= 15 is 0 Å². The van der Waals surface area contributed by atoms with Crippen molar-refractivity contribution in [1.29, 1.82) is 0 Å². The van der Waals surface area contributed by atoms with E-state index in [2.05, 4.69) is 15.5 Å². The molecular formula is C21H20ClN3O3. The molecule has 3 aromatic rings. The number of nitrogens with one attached hydrogen (secondary N) is 1. The van der Waals surface area contributed by atoms with E-state index in [0.29, 0.717) is 40.4 Å². The first-order valence-corrected chi connectivity index (χ1v) is 9.56. The van der Waals surface area contributed by atoms with Crippen LogP contribution in [0.4, 0.5) is 0 Å². The summed E-state index contributed by atoms with van der Waals surface area (Å²) in [5.74, 6) is 1.39. The lowest BCUT2D eigenvalue weighted by molar-refractivity contribution is 0.0949. The minimum absolute atomic E-state index is 0.249. The molecule has 28 heavy (non-hydrogen) atoms. The maximum atomic E-state index is 12.4. The summed E-state index contributed by atoms with van der Waals surface area (Å²) in [6.07, 6.45) is 3.84. The zero-order valence-corrected chi connectivity index (χ0v) is 16.2. The molecule has 0 atom stereocenters. The predicted molar refractivity (Wildman–Crippen MR) is 105 cm³/mol. The van der Waals surface area contributed by atoms with Crippen molar-refractivity contribution in [2.45, 2.75) is 26.3 Å². The summed E-state index contributed by atoms with van der Waals surface area (Å²) < 4.78 is 11.0. The molecule has 144 valence electrons. The molecule has 0 unspecified atom stereocenters. The van der Waals surface area contributed by atoms with Gasteiger partial charge in [0.25, 0.3) is 5.91 Å². The summed E-state index contributed by atoms with van der Waals surface area (Å²) in [6.45, 7) is 2.79. The number of nitrogens with zero attached hydrogens (tertiary/aromatic N) is 2. The van der Waals surface area contributed by atoms with Crippen LogP contribution >= 0.6 is 11.6 Å². The van der Waals surface area contributed by atoms with Crippen LogP contribution < -0.4 is 10.1 Å². The lowest BCUT2D eigenvalue weighted by atomic mass is 10.1. The third-order valence-corrected chi connectivity index (χ3v) is 4.97. The molecule has 1 fully saturated rings. The fourth-order valence-corrected chi connectivity index (χ4v) is 3.02. The molecule has 1 saturated carbocycles. The molecule has 0 saturated heterocycles. The molecule has 6 nitrogen and oxygen atoms in total. The highest BCUT2D eigenvalue weighted by molar-refractivity contribution is 6.32. The first-order valence-electron chi connectivity index (χ1n) is 9.19. The van der Waals surface area contributed by atoms with E-state index in [1.807, 2.05) is 37.3 Å². The predicted octanol–water partition coefficient (Wildman–Crippen LogP) is 4.42. The maximum Gasteiger partial charge on any atom is 0.253 e. The molecule has 1 N–H and O–H groups in total. The molecule has 0 spiro atoms. The number of carbonyl (C=O) groups excluding carboxylic acids is 1. The van der Waals surface area contributed by atoms with E-state index in [0.717, 1.165) is 11.1 Å². The topological polar surface area (TPSA) is 77.2 Å². The van der Waals surface area contributed by atoms with Crippen LogP contribution in [0, 0.1) is 12.8 Å². The van der Waals surface area contributed by atoms with Crippen molar-refractivity contribution < 1.29 is 14.1 Å². The Labute approximate surface area is 167 Å². The van der Waals surface area contributed by atoms with Crippen molar-refractivity contribution in [3.8, 4) is 17.2 Å². The Morgan fingerprint density at radius 3 is 2.82 bits per heavy atom. The largest absolute Gasteiger partial charge is 0.476 e. The molecule has 1 aromatic carbocycles. The van der Waals surface area contributed by atoms with Gasteiger partial charge < -0.3 is 14.6 Å². The first-order chi connectivity index (χ1) is 13.6. The van der Waals surface area contributed by atoms with Gasteiger partial charge >= 0.3 is 0 Å². The van der Waals surface area contributed by atoms with Gasteiger partial charge in [0.2, 0.25) is 5.88 Å². The van der Waals surface area contributed by atoms with Gasteiger partial charge in [-0.05, 0) is 31.7 Å². The van der Waals surface area contributed by atoms with E-state index < -0.39 is 0 Å². The average molecular weight is 398 g/mol. The van der Waals surface area contributed by atoms with Crippen LogP contribution in [-0.2, 0) is 6.54 Å². The molecule has 1 aliphatic rings. The monoisotopic (exact) mass is 397 g/mol. The van der Waals surface area contributed by atoms with Crippen molar-refractivity contribution in [1.82, 2.24) is 15.5 Å². The standard InChI is InChI=1S/C21H20ClN3O3/c1-13-18(25-28-19(13)15-5-3-2-4-6-15)11-23-20(26)16-9-17(22)21(24-10-16)27-12-14-7-8-14/h2-6,9-10,14H,7-8,11-12H2,1H3,(H,23,26). The number of hydrogen-bond donors (Lipinski definition) is 1. The number of rotatable bonds is 7. The van der Waals surface area contributed by atoms with Crippen molar-refractivity contribution in [3.63, 3.8) is 0 Å². The Balaban J connectivity index is 1.39. The number of aromatic nitrogens is 2. The van der Waals surface area contributed by atoms with Gasteiger partial charge in [-0.2, -0.15) is 0 Å². The summed E-state index contributed by atoms with van der Waals surface area (Å²) >= 11 is 6.20. The second kappa shape index (κ2) is 8.02. The van der Waals surface area contributed by atoms with Gasteiger partial charge in [0.1, 0.15) is 10.7 Å². The summed E-state index contributed by atoms with van der Waals surface area (Å²) in [5, 5.41) is 7.24. The van der Waals surface area contributed by atoms with Crippen LogP contribution in [0.2, 0.25) is 5.02 Å². The SMILES string of the molecule is Cc1c(CNC(=O)c2cnc(OCC3CC3)c(Cl)c2)noc1-c1ccccc1. The van der Waals surface area contributed by atoms with Crippen LogP contribution in [0.3, 0.4) is 0 Å². The van der Waals surface area contributed by atoms with Gasteiger partial charge in [-0.3, -0.25) is 4.79 Å². The fourth-order valence-electron chi connectivity index (χ4n) is 2.80. The molecular weight excluding hydrogens is 378 g/mol. The maximum absolute atomic E-state index is 12.4. The molecule has 0 bridgehead atoms. The number of ether oxygens (including phenoxy) is 1. The third-order valence-electron chi connectivity index (χ3n) is 4.70.